The number of hydrogen-bond donors (Lipinski definition) is 1. The van der Waals surface area contributed by atoms with Gasteiger partial charge in [-0.05, 0) is 72.1 Å². The van der Waals surface area contributed by atoms with E-state index >= 15 is 0 Å². The second-order valence-electron chi connectivity index (χ2n) is 13.4. The molecule has 1 N–H and O–H groups in total. The maximum atomic E-state index is 12.3. The molecule has 0 radical (unpaired) electrons. The third-order valence-corrected chi connectivity index (χ3v) is 11.5. The summed E-state index contributed by atoms with van der Waals surface area (Å²) >= 11 is 0.728. The van der Waals surface area contributed by atoms with Gasteiger partial charge in [0.2, 0.25) is 19.5 Å². The highest BCUT2D eigenvalue weighted by Gasteiger charge is 2.63. The molecule has 0 spiro atoms. The molecule has 5 atom stereocenters. The summed E-state index contributed by atoms with van der Waals surface area (Å²) in [5.74, 6) is 0.675. The van der Waals surface area contributed by atoms with Gasteiger partial charge in [-0.2, -0.15) is 0 Å². The zero-order chi connectivity index (χ0) is 33.4. The highest BCUT2D eigenvalue weighted by Crippen LogP contribution is 2.53. The Balaban J connectivity index is 0.000000246. The number of amides is 1. The number of hydrogen-bond acceptors (Lipinski definition) is 10. The number of β-lactam (4-membered cyclic amide) rings is 1. The Bertz CT molecular complexity index is 1160. The number of unbranched alkanes of at least 4 members (excludes halogenated alkanes) is 5. The summed E-state index contributed by atoms with van der Waals surface area (Å²) in [6.45, 7) is 12.7. The zero-order valence-corrected chi connectivity index (χ0v) is 29.4. The quantitative estimate of drug-likeness (QED) is 0.0926. The Morgan fingerprint density at radius 1 is 1.13 bits per heavy atom. The van der Waals surface area contributed by atoms with Crippen LogP contribution >= 0.6 is 11.8 Å². The van der Waals surface area contributed by atoms with Crippen molar-refractivity contribution in [3.05, 3.63) is 23.8 Å². The van der Waals surface area contributed by atoms with E-state index in [0.717, 1.165) is 30.1 Å². The van der Waals surface area contributed by atoms with Crippen LogP contribution in [-0.2, 0) is 41.5 Å². The van der Waals surface area contributed by atoms with Gasteiger partial charge in [-0.1, -0.05) is 49.8 Å². The van der Waals surface area contributed by atoms with Gasteiger partial charge in [0.25, 0.3) is 0 Å². The molecule has 3 aliphatic rings. The predicted octanol–water partition coefficient (Wildman–Crippen LogP) is 5.20. The normalized spacial score (nSPS) is 22.5. The van der Waals surface area contributed by atoms with Gasteiger partial charge in [0, 0.05) is 11.2 Å². The minimum Gasteiger partial charge on any atom is -0.616 e. The lowest BCUT2D eigenvalue weighted by atomic mass is 9.92. The van der Waals surface area contributed by atoms with Crippen molar-refractivity contribution in [2.75, 3.05) is 25.9 Å². The van der Waals surface area contributed by atoms with E-state index in [1.807, 2.05) is 32.0 Å². The van der Waals surface area contributed by atoms with Crippen molar-refractivity contribution < 1.29 is 43.0 Å². The Hall–Kier alpha value is -2.15. The van der Waals surface area contributed by atoms with Gasteiger partial charge < -0.3 is 33.5 Å². The van der Waals surface area contributed by atoms with Crippen LogP contribution in [0.2, 0.25) is 0 Å². The third-order valence-electron chi connectivity index (χ3n) is 8.08. The van der Waals surface area contributed by atoms with Gasteiger partial charge in [0.15, 0.2) is 11.5 Å². The van der Waals surface area contributed by atoms with Crippen LogP contribution in [0.5, 0.6) is 11.5 Å². The molecule has 2 saturated heterocycles. The van der Waals surface area contributed by atoms with E-state index in [1.165, 1.54) is 54.3 Å². The number of fused-ring (bicyclic) bond motifs is 2. The van der Waals surface area contributed by atoms with Crippen LogP contribution in [0.3, 0.4) is 0 Å². The summed E-state index contributed by atoms with van der Waals surface area (Å²) in [6.07, 6.45) is 8.32. The van der Waals surface area contributed by atoms with Crippen molar-refractivity contribution in [2.45, 2.75) is 115 Å². The highest BCUT2D eigenvalue weighted by atomic mass is 32.2. The first-order chi connectivity index (χ1) is 21.2. The molecule has 254 valence electrons. The van der Waals surface area contributed by atoms with E-state index in [4.69, 9.17) is 18.9 Å². The van der Waals surface area contributed by atoms with Crippen LogP contribution in [-0.4, -0.2) is 79.8 Å². The molecule has 0 saturated carbocycles. The van der Waals surface area contributed by atoms with Crippen LogP contribution < -0.4 is 9.47 Å². The Morgan fingerprint density at radius 2 is 1.80 bits per heavy atom. The number of benzene rings is 1. The Morgan fingerprint density at radius 3 is 2.47 bits per heavy atom. The molecule has 1 aromatic rings. The third kappa shape index (κ3) is 9.92. The second kappa shape index (κ2) is 16.6. The summed E-state index contributed by atoms with van der Waals surface area (Å²) < 4.78 is 32.5. The van der Waals surface area contributed by atoms with Crippen molar-refractivity contribution in [3.8, 4) is 11.5 Å². The van der Waals surface area contributed by atoms with Crippen molar-refractivity contribution in [2.24, 2.45) is 11.3 Å². The first kappa shape index (κ1) is 37.3. The van der Waals surface area contributed by atoms with E-state index in [-0.39, 0.29) is 23.1 Å². The molecule has 12 heteroatoms. The first-order valence-electron chi connectivity index (χ1n) is 15.9. The number of rotatable bonds is 14. The number of ether oxygens (including phenoxy) is 4. The fraction of sp³-hybridized carbons (Fsp3) is 0.727. The predicted molar refractivity (Wildman–Crippen MR) is 175 cm³/mol. The average molecular weight is 670 g/mol. The van der Waals surface area contributed by atoms with Crippen LogP contribution in [0.1, 0.15) is 92.6 Å². The number of esters is 2. The molecule has 0 aliphatic carbocycles. The summed E-state index contributed by atoms with van der Waals surface area (Å²) in [7, 11) is 0. The van der Waals surface area contributed by atoms with E-state index in [2.05, 4.69) is 13.8 Å². The summed E-state index contributed by atoms with van der Waals surface area (Å²) in [5, 5.41) is 9.22. The van der Waals surface area contributed by atoms with Gasteiger partial charge in [0.1, 0.15) is 17.0 Å². The van der Waals surface area contributed by atoms with E-state index in [9.17, 15) is 24.0 Å². The molecule has 2 fully saturated rings. The van der Waals surface area contributed by atoms with Gasteiger partial charge in [-0.3, -0.25) is 9.59 Å². The molecule has 2 unspecified atom stereocenters. The molecule has 3 aliphatic heterocycles. The topological polar surface area (TPSA) is 135 Å². The van der Waals surface area contributed by atoms with E-state index in [0.29, 0.717) is 6.79 Å². The minimum atomic E-state index is -0.749. The fourth-order valence-corrected chi connectivity index (χ4v) is 8.33. The number of aliphatic hydroxyl groups is 1. The lowest BCUT2D eigenvalue weighted by Gasteiger charge is -2.43. The van der Waals surface area contributed by atoms with Crippen molar-refractivity contribution in [1.29, 1.82) is 0 Å². The van der Waals surface area contributed by atoms with Gasteiger partial charge in [0.05, 0.1) is 23.3 Å². The van der Waals surface area contributed by atoms with Crippen LogP contribution in [0.25, 0.3) is 0 Å². The van der Waals surface area contributed by atoms with Crippen molar-refractivity contribution >= 4 is 40.8 Å². The van der Waals surface area contributed by atoms with E-state index < -0.39 is 52.0 Å². The standard InChI is InChI=1S/C18H28O3S.C15H23NO6S/c1-3-4-5-6-7-8-11-22(19)15(2)12-16-9-10-17-18(13-16)21-14-20-17;1-14(2,3)13(20)22-7-21-12(19)9-15(4,5)23-11-8(6-17)10(18)16(9)11/h9-10,13,15H,3-8,11-12,14H2,1-2H3;8-9,11,17H,6-7H2,1-5H3/t;8-,9+,11-/m.1/s1. The Kier molecular flexibility index (Phi) is 13.8. The summed E-state index contributed by atoms with van der Waals surface area (Å²) in [4.78, 5) is 37.5. The zero-order valence-electron chi connectivity index (χ0n) is 27.8. The lowest BCUT2D eigenvalue weighted by Crippen LogP contribution is -2.63. The number of carbonyl (C=O) groups is 3. The SMILES string of the molecule is CC(C)(C)C(=O)OCOC(=O)[C@@H]1N2C(=O)[C@@H](CO)[C@H]2SC1(C)C.CCCCCCCC[S+]([O-])C(C)Cc1ccc2c(c1)OCO2. The molecule has 1 aromatic carbocycles. The van der Waals surface area contributed by atoms with Crippen molar-refractivity contribution in [3.63, 3.8) is 0 Å². The highest BCUT2D eigenvalue weighted by molar-refractivity contribution is 8.01. The molecule has 0 bridgehead atoms. The number of aliphatic hydroxyl groups excluding tert-OH is 1. The molecule has 3 heterocycles. The molecule has 0 aromatic heterocycles. The minimum absolute atomic E-state index is 0.191. The Labute approximate surface area is 275 Å². The number of carbonyl (C=O) groups excluding carboxylic acids is 3. The molecule has 1 amide bonds. The number of nitrogens with zero attached hydrogens (tertiary/aromatic N) is 1. The monoisotopic (exact) mass is 669 g/mol. The maximum absolute atomic E-state index is 12.3. The second-order valence-corrected chi connectivity index (χ2v) is 17.1. The van der Waals surface area contributed by atoms with Gasteiger partial charge in [-0.15, -0.1) is 11.8 Å². The molecule has 45 heavy (non-hydrogen) atoms. The van der Waals surface area contributed by atoms with Crippen LogP contribution in [0, 0.1) is 11.3 Å². The lowest BCUT2D eigenvalue weighted by molar-refractivity contribution is -0.181. The molecule has 4 rings (SSSR count). The summed E-state index contributed by atoms with van der Waals surface area (Å²) in [5.41, 5.74) is 0.495. The molecule has 10 nitrogen and oxygen atoms in total. The fourth-order valence-electron chi connectivity index (χ4n) is 5.40. The van der Waals surface area contributed by atoms with Gasteiger partial charge >= 0.3 is 11.9 Å². The molecular weight excluding hydrogens is 618 g/mol. The smallest absolute Gasteiger partial charge is 0.333 e. The number of thioether (sulfide) groups is 1. The maximum Gasteiger partial charge on any atom is 0.333 e. The van der Waals surface area contributed by atoms with Crippen LogP contribution in [0.4, 0.5) is 0 Å². The average Bonchev–Trinajstić information content (AvgIpc) is 3.54. The molecular formula is C33H51NO9S2. The van der Waals surface area contributed by atoms with Gasteiger partial charge in [-0.25, -0.2) is 4.79 Å². The largest absolute Gasteiger partial charge is 0.616 e. The van der Waals surface area contributed by atoms with E-state index in [1.54, 1.807) is 20.8 Å². The first-order valence-corrected chi connectivity index (χ1v) is 18.2. The van der Waals surface area contributed by atoms with Crippen molar-refractivity contribution in [1.82, 2.24) is 4.90 Å². The van der Waals surface area contributed by atoms with Crippen LogP contribution in [0.15, 0.2) is 18.2 Å². The summed E-state index contributed by atoms with van der Waals surface area (Å²) in [6, 6.07) is 5.26.